The Morgan fingerprint density at radius 2 is 2.05 bits per heavy atom. The summed E-state index contributed by atoms with van der Waals surface area (Å²) in [6.45, 7) is 3.35. The quantitative estimate of drug-likeness (QED) is 0.680. The molecular formula is C12H11BrN4O3. The van der Waals surface area contributed by atoms with Crippen molar-refractivity contribution >= 4 is 27.4 Å². The van der Waals surface area contributed by atoms with E-state index in [1.165, 1.54) is 12.1 Å². The number of rotatable bonds is 3. The highest BCUT2D eigenvalue weighted by molar-refractivity contribution is 9.10. The summed E-state index contributed by atoms with van der Waals surface area (Å²) < 4.78 is 6.11. The molecule has 1 aromatic carbocycles. The molecule has 0 bridgehead atoms. The summed E-state index contributed by atoms with van der Waals surface area (Å²) in [6.07, 6.45) is 0. The molecule has 1 heterocycles. The molecule has 0 fully saturated rings. The van der Waals surface area contributed by atoms with Crippen molar-refractivity contribution in [1.82, 2.24) is 9.97 Å². The van der Waals surface area contributed by atoms with Gasteiger partial charge in [-0.2, -0.15) is 4.98 Å². The van der Waals surface area contributed by atoms with Crippen molar-refractivity contribution in [3.8, 4) is 11.6 Å². The van der Waals surface area contributed by atoms with Crippen molar-refractivity contribution in [2.45, 2.75) is 13.8 Å². The summed E-state index contributed by atoms with van der Waals surface area (Å²) in [7, 11) is 0. The number of nitro benzene ring substituents is 1. The Hall–Kier alpha value is -2.22. The first kappa shape index (κ1) is 14.2. The van der Waals surface area contributed by atoms with Gasteiger partial charge in [0, 0.05) is 10.5 Å². The van der Waals surface area contributed by atoms with Crippen LogP contribution < -0.4 is 10.5 Å². The van der Waals surface area contributed by atoms with Gasteiger partial charge in [0.15, 0.2) is 0 Å². The van der Waals surface area contributed by atoms with Gasteiger partial charge >= 0.3 is 5.69 Å². The first-order valence-electron chi connectivity index (χ1n) is 5.61. The number of nitro groups is 1. The second-order valence-electron chi connectivity index (χ2n) is 4.06. The van der Waals surface area contributed by atoms with Gasteiger partial charge in [-0.3, -0.25) is 10.1 Å². The molecule has 20 heavy (non-hydrogen) atoms. The monoisotopic (exact) mass is 338 g/mol. The highest BCUT2D eigenvalue weighted by Crippen LogP contribution is 2.34. The summed E-state index contributed by atoms with van der Waals surface area (Å²) in [4.78, 5) is 18.6. The molecule has 8 heteroatoms. The van der Waals surface area contributed by atoms with Crippen LogP contribution >= 0.6 is 15.9 Å². The summed E-state index contributed by atoms with van der Waals surface area (Å²) in [5.41, 5.74) is 6.10. The number of nitrogen functional groups attached to an aromatic ring is 1. The maximum absolute atomic E-state index is 11.0. The molecule has 0 aliphatic carbocycles. The van der Waals surface area contributed by atoms with Crippen LogP contribution in [0.25, 0.3) is 0 Å². The maximum atomic E-state index is 11.0. The highest BCUT2D eigenvalue weighted by atomic mass is 79.9. The summed E-state index contributed by atoms with van der Waals surface area (Å²) in [5.74, 6) is 1.02. The molecule has 0 spiro atoms. The van der Waals surface area contributed by atoms with E-state index in [4.69, 9.17) is 10.5 Å². The lowest BCUT2D eigenvalue weighted by Crippen LogP contribution is -2.03. The lowest BCUT2D eigenvalue weighted by molar-refractivity contribution is -0.385. The van der Waals surface area contributed by atoms with Crippen molar-refractivity contribution < 1.29 is 9.66 Å². The highest BCUT2D eigenvalue weighted by Gasteiger charge is 2.18. The summed E-state index contributed by atoms with van der Waals surface area (Å²) in [6, 6.07) is 4.51. The van der Waals surface area contributed by atoms with Crippen molar-refractivity contribution in [2.75, 3.05) is 5.73 Å². The fourth-order valence-electron chi connectivity index (χ4n) is 1.55. The standard InChI is InChI=1S/C12H11BrN4O3/c1-6-11(14)15-7(2)16-12(6)20-10-4-3-8(13)5-9(10)17(18)19/h3-5H,1-2H3,(H2,14,15,16). The number of aryl methyl sites for hydroxylation is 1. The topological polar surface area (TPSA) is 104 Å². The lowest BCUT2D eigenvalue weighted by Gasteiger charge is -2.10. The molecule has 2 aromatic rings. The van der Waals surface area contributed by atoms with Gasteiger partial charge in [-0.15, -0.1) is 0 Å². The van der Waals surface area contributed by atoms with Crippen LogP contribution in [0.15, 0.2) is 22.7 Å². The van der Waals surface area contributed by atoms with Crippen molar-refractivity contribution in [3.05, 3.63) is 44.2 Å². The van der Waals surface area contributed by atoms with E-state index in [1.54, 1.807) is 19.9 Å². The van der Waals surface area contributed by atoms with Crippen LogP contribution in [0.3, 0.4) is 0 Å². The zero-order valence-corrected chi connectivity index (χ0v) is 12.3. The Balaban J connectivity index is 2.48. The minimum atomic E-state index is -0.521. The predicted octanol–water partition coefficient (Wildman–Crippen LogP) is 3.14. The molecule has 2 rings (SSSR count). The summed E-state index contributed by atoms with van der Waals surface area (Å²) >= 11 is 3.18. The third kappa shape index (κ3) is 2.85. The van der Waals surface area contributed by atoms with Gasteiger partial charge in [-0.1, -0.05) is 15.9 Å². The molecule has 0 aliphatic heterocycles. The molecule has 7 nitrogen and oxygen atoms in total. The molecule has 0 saturated heterocycles. The van der Waals surface area contributed by atoms with E-state index >= 15 is 0 Å². The third-order valence-corrected chi connectivity index (χ3v) is 3.07. The average Bonchev–Trinajstić information content (AvgIpc) is 2.37. The summed E-state index contributed by atoms with van der Waals surface area (Å²) in [5, 5.41) is 11.0. The van der Waals surface area contributed by atoms with Gasteiger partial charge in [-0.05, 0) is 26.0 Å². The van der Waals surface area contributed by atoms with E-state index in [9.17, 15) is 10.1 Å². The van der Waals surface area contributed by atoms with Crippen LogP contribution in [0.1, 0.15) is 11.4 Å². The number of nitrogens with two attached hydrogens (primary N) is 1. The Bertz CT molecular complexity index is 691. The van der Waals surface area contributed by atoms with Crippen LogP contribution in [-0.4, -0.2) is 14.9 Å². The second kappa shape index (κ2) is 5.41. The molecule has 0 unspecified atom stereocenters. The Kier molecular flexibility index (Phi) is 3.84. The van der Waals surface area contributed by atoms with Gasteiger partial charge in [-0.25, -0.2) is 4.98 Å². The van der Waals surface area contributed by atoms with E-state index in [-0.39, 0.29) is 23.1 Å². The number of anilines is 1. The number of ether oxygens (including phenoxy) is 1. The van der Waals surface area contributed by atoms with Gasteiger partial charge < -0.3 is 10.5 Å². The van der Waals surface area contributed by atoms with Gasteiger partial charge in [0.1, 0.15) is 11.6 Å². The molecule has 2 N–H and O–H groups in total. The van der Waals surface area contributed by atoms with Gasteiger partial charge in [0.05, 0.1) is 10.5 Å². The number of hydrogen-bond donors (Lipinski definition) is 1. The van der Waals surface area contributed by atoms with Crippen LogP contribution in [0, 0.1) is 24.0 Å². The number of halogens is 1. The molecule has 1 aromatic heterocycles. The van der Waals surface area contributed by atoms with Gasteiger partial charge in [0.25, 0.3) is 0 Å². The van der Waals surface area contributed by atoms with E-state index < -0.39 is 4.92 Å². The lowest BCUT2D eigenvalue weighted by atomic mass is 10.3. The second-order valence-corrected chi connectivity index (χ2v) is 4.97. The van der Waals surface area contributed by atoms with Crippen LogP contribution in [0.2, 0.25) is 0 Å². The van der Waals surface area contributed by atoms with Crippen LogP contribution in [0.5, 0.6) is 11.6 Å². The fourth-order valence-corrected chi connectivity index (χ4v) is 1.90. The largest absolute Gasteiger partial charge is 0.431 e. The molecule has 0 saturated carbocycles. The van der Waals surface area contributed by atoms with Gasteiger partial charge in [0.2, 0.25) is 11.6 Å². The van der Waals surface area contributed by atoms with E-state index in [1.807, 2.05) is 0 Å². The smallest absolute Gasteiger partial charge is 0.312 e. The van der Waals surface area contributed by atoms with Crippen LogP contribution in [0.4, 0.5) is 11.5 Å². The normalized spacial score (nSPS) is 10.3. The minimum Gasteiger partial charge on any atom is -0.431 e. The first-order chi connectivity index (χ1) is 9.38. The number of nitrogens with zero attached hydrogens (tertiary/aromatic N) is 3. The van der Waals surface area contributed by atoms with E-state index in [2.05, 4.69) is 25.9 Å². The molecule has 0 radical (unpaired) electrons. The van der Waals surface area contributed by atoms with Crippen molar-refractivity contribution in [1.29, 1.82) is 0 Å². The number of hydrogen-bond acceptors (Lipinski definition) is 6. The SMILES string of the molecule is Cc1nc(N)c(C)c(Oc2ccc(Br)cc2[N+](=O)[O-])n1. The maximum Gasteiger partial charge on any atom is 0.312 e. The number of benzene rings is 1. The molecule has 0 atom stereocenters. The Morgan fingerprint density at radius 1 is 1.35 bits per heavy atom. The zero-order valence-electron chi connectivity index (χ0n) is 10.8. The molecule has 104 valence electrons. The Labute approximate surface area is 123 Å². The first-order valence-corrected chi connectivity index (χ1v) is 6.40. The van der Waals surface area contributed by atoms with Crippen molar-refractivity contribution in [3.63, 3.8) is 0 Å². The predicted molar refractivity (Wildman–Crippen MR) is 76.8 cm³/mol. The van der Waals surface area contributed by atoms with E-state index in [0.29, 0.717) is 15.9 Å². The average molecular weight is 339 g/mol. The van der Waals surface area contributed by atoms with Crippen molar-refractivity contribution in [2.24, 2.45) is 0 Å². The molecular weight excluding hydrogens is 328 g/mol. The fraction of sp³-hybridized carbons (Fsp3) is 0.167. The number of aromatic nitrogens is 2. The van der Waals surface area contributed by atoms with E-state index in [0.717, 1.165) is 0 Å². The molecule has 0 aliphatic rings. The minimum absolute atomic E-state index is 0.0961. The zero-order chi connectivity index (χ0) is 14.9. The third-order valence-electron chi connectivity index (χ3n) is 2.57. The van der Waals surface area contributed by atoms with Crippen LogP contribution in [-0.2, 0) is 0 Å². The Morgan fingerprint density at radius 3 is 2.70 bits per heavy atom. The molecule has 0 amide bonds.